The zero-order chi connectivity index (χ0) is 25.0. The molecule has 10 heteroatoms. The molecule has 0 saturated carbocycles. The van der Waals surface area contributed by atoms with Gasteiger partial charge in [-0.25, -0.2) is 13.4 Å². The number of sulfonamides is 1. The number of hydrogen-bond acceptors (Lipinski definition) is 5. The first-order chi connectivity index (χ1) is 16.8. The molecule has 3 aromatic carbocycles. The fourth-order valence-corrected chi connectivity index (χ4v) is 5.93. The third kappa shape index (κ3) is 5.91. The molecule has 0 atom stereocenters. The van der Waals surface area contributed by atoms with Crippen LogP contribution in [0.2, 0.25) is 10.0 Å². The largest absolute Gasteiger partial charge is 0.298 e. The van der Waals surface area contributed by atoms with Crippen LogP contribution in [0.3, 0.4) is 0 Å². The number of nitrogens with one attached hydrogen (secondary N) is 1. The summed E-state index contributed by atoms with van der Waals surface area (Å²) in [4.78, 5) is 17.3. The summed E-state index contributed by atoms with van der Waals surface area (Å²) in [6.07, 6.45) is 0. The zero-order valence-electron chi connectivity index (χ0n) is 18.6. The van der Waals surface area contributed by atoms with Crippen LogP contribution in [0.15, 0.2) is 83.1 Å². The number of hydrogen-bond donors (Lipinski definition) is 1. The highest BCUT2D eigenvalue weighted by molar-refractivity contribution is 7.89. The second-order valence-electron chi connectivity index (χ2n) is 7.56. The third-order valence-electron chi connectivity index (χ3n) is 5.24. The van der Waals surface area contributed by atoms with Crippen LogP contribution in [0.1, 0.15) is 22.8 Å². The minimum atomic E-state index is -3.72. The van der Waals surface area contributed by atoms with E-state index in [1.807, 2.05) is 30.3 Å². The van der Waals surface area contributed by atoms with Crippen LogP contribution in [0.4, 0.5) is 5.13 Å². The third-order valence-corrected chi connectivity index (χ3v) is 8.50. The van der Waals surface area contributed by atoms with Gasteiger partial charge in [0, 0.05) is 34.6 Å². The van der Waals surface area contributed by atoms with E-state index in [4.69, 9.17) is 23.2 Å². The van der Waals surface area contributed by atoms with Gasteiger partial charge < -0.3 is 0 Å². The smallest absolute Gasteiger partial charge is 0.257 e. The summed E-state index contributed by atoms with van der Waals surface area (Å²) in [5.74, 6) is -0.399. The minimum absolute atomic E-state index is 0.124. The monoisotopic (exact) mass is 545 g/mol. The van der Waals surface area contributed by atoms with E-state index in [0.717, 1.165) is 5.56 Å². The molecule has 4 rings (SSSR count). The van der Waals surface area contributed by atoms with E-state index in [-0.39, 0.29) is 11.4 Å². The van der Waals surface area contributed by atoms with Gasteiger partial charge in [-0.1, -0.05) is 60.5 Å². The molecule has 0 radical (unpaired) electrons. The Balaban J connectivity index is 1.47. The summed E-state index contributed by atoms with van der Waals surface area (Å²) in [6, 6.07) is 20.3. The molecule has 0 fully saturated rings. The molecule has 0 saturated heterocycles. The van der Waals surface area contributed by atoms with Gasteiger partial charge in [-0.15, -0.1) is 11.3 Å². The van der Waals surface area contributed by atoms with Crippen LogP contribution in [-0.2, 0) is 16.6 Å². The van der Waals surface area contributed by atoms with Gasteiger partial charge in [-0.05, 0) is 48.0 Å². The molecule has 180 valence electrons. The molecule has 0 bridgehead atoms. The molecule has 1 heterocycles. The van der Waals surface area contributed by atoms with Crippen molar-refractivity contribution >= 4 is 55.6 Å². The summed E-state index contributed by atoms with van der Waals surface area (Å²) in [5, 5.41) is 5.93. The van der Waals surface area contributed by atoms with Crippen LogP contribution < -0.4 is 5.32 Å². The Hall–Kier alpha value is -2.75. The van der Waals surface area contributed by atoms with Gasteiger partial charge in [-0.3, -0.25) is 10.1 Å². The van der Waals surface area contributed by atoms with Crippen LogP contribution in [0.25, 0.3) is 11.3 Å². The van der Waals surface area contributed by atoms with Gasteiger partial charge in [0.25, 0.3) is 5.91 Å². The molecule has 0 spiro atoms. The molecule has 1 aromatic heterocycles. The Kier molecular flexibility index (Phi) is 7.88. The van der Waals surface area contributed by atoms with E-state index in [2.05, 4.69) is 10.3 Å². The van der Waals surface area contributed by atoms with Crippen molar-refractivity contribution < 1.29 is 13.2 Å². The Morgan fingerprint density at radius 3 is 2.43 bits per heavy atom. The molecule has 0 aliphatic heterocycles. The summed E-state index contributed by atoms with van der Waals surface area (Å²) in [7, 11) is -3.72. The topological polar surface area (TPSA) is 79.4 Å². The number of benzene rings is 3. The number of amides is 1. The summed E-state index contributed by atoms with van der Waals surface area (Å²) in [6.45, 7) is 2.38. The van der Waals surface area contributed by atoms with Crippen LogP contribution in [-0.4, -0.2) is 30.2 Å². The lowest BCUT2D eigenvalue weighted by molar-refractivity contribution is 0.102. The lowest BCUT2D eigenvalue weighted by Gasteiger charge is -2.20. The molecular formula is C25H21Cl2N3O3S2. The van der Waals surface area contributed by atoms with Gasteiger partial charge in [-0.2, -0.15) is 4.31 Å². The van der Waals surface area contributed by atoms with E-state index in [1.54, 1.807) is 30.5 Å². The summed E-state index contributed by atoms with van der Waals surface area (Å²) < 4.78 is 27.6. The van der Waals surface area contributed by atoms with Crippen molar-refractivity contribution in [3.05, 3.63) is 99.3 Å². The Morgan fingerprint density at radius 2 is 1.74 bits per heavy atom. The summed E-state index contributed by atoms with van der Waals surface area (Å²) in [5.41, 5.74) is 2.47. The predicted octanol–water partition coefficient (Wildman–Crippen LogP) is 6.58. The number of thiazole rings is 1. The van der Waals surface area contributed by atoms with Gasteiger partial charge in [0.05, 0.1) is 15.6 Å². The first kappa shape index (κ1) is 25.3. The fourth-order valence-electron chi connectivity index (χ4n) is 3.40. The van der Waals surface area contributed by atoms with Gasteiger partial charge in [0.1, 0.15) is 0 Å². The lowest BCUT2D eigenvalue weighted by atomic mass is 10.2. The predicted molar refractivity (Wildman–Crippen MR) is 142 cm³/mol. The zero-order valence-corrected chi connectivity index (χ0v) is 21.8. The number of anilines is 1. The molecule has 4 aromatic rings. The van der Waals surface area contributed by atoms with Crippen molar-refractivity contribution in [2.24, 2.45) is 0 Å². The van der Waals surface area contributed by atoms with Crippen LogP contribution >= 0.6 is 34.5 Å². The Morgan fingerprint density at radius 1 is 1.03 bits per heavy atom. The van der Waals surface area contributed by atoms with Crippen LogP contribution in [0, 0.1) is 0 Å². The molecular weight excluding hydrogens is 525 g/mol. The molecule has 6 nitrogen and oxygen atoms in total. The average molecular weight is 547 g/mol. The SMILES string of the molecule is CCN(Cc1ccccc1)S(=O)(=O)c1ccc(C(=O)Nc2nc(-c3cc(Cl)ccc3Cl)cs2)cc1. The fraction of sp³-hybridized carbons (Fsp3) is 0.120. The van der Waals surface area contributed by atoms with Crippen molar-refractivity contribution in [1.29, 1.82) is 0 Å². The maximum atomic E-state index is 13.1. The molecule has 1 N–H and O–H groups in total. The molecule has 0 unspecified atom stereocenters. The van der Waals surface area contributed by atoms with E-state index >= 15 is 0 Å². The van der Waals surface area contributed by atoms with Crippen molar-refractivity contribution in [2.45, 2.75) is 18.4 Å². The van der Waals surface area contributed by atoms with Crippen molar-refractivity contribution in [1.82, 2.24) is 9.29 Å². The Bertz CT molecular complexity index is 1440. The Labute approximate surface area is 218 Å². The number of aromatic nitrogens is 1. The van der Waals surface area contributed by atoms with Crippen molar-refractivity contribution in [3.63, 3.8) is 0 Å². The van der Waals surface area contributed by atoms with E-state index in [0.29, 0.717) is 38.5 Å². The first-order valence-electron chi connectivity index (χ1n) is 10.6. The van der Waals surface area contributed by atoms with Crippen molar-refractivity contribution in [3.8, 4) is 11.3 Å². The van der Waals surface area contributed by atoms with E-state index in [1.165, 1.54) is 39.9 Å². The van der Waals surface area contributed by atoms with Crippen LogP contribution in [0.5, 0.6) is 0 Å². The maximum absolute atomic E-state index is 13.1. The average Bonchev–Trinajstić information content (AvgIpc) is 3.32. The molecule has 1 amide bonds. The normalized spacial score (nSPS) is 11.5. The standard InChI is InChI=1S/C25H21Cl2N3O3S2/c1-2-30(15-17-6-4-3-5-7-17)35(32,33)20-11-8-18(9-12-20)24(31)29-25-28-23(16-34-25)21-14-19(26)10-13-22(21)27/h3-14,16H,2,15H2,1H3,(H,28,29,31). The number of carbonyl (C=O) groups excluding carboxylic acids is 1. The summed E-state index contributed by atoms with van der Waals surface area (Å²) >= 11 is 13.5. The molecule has 35 heavy (non-hydrogen) atoms. The number of rotatable bonds is 8. The second kappa shape index (κ2) is 10.9. The highest BCUT2D eigenvalue weighted by atomic mass is 35.5. The van der Waals surface area contributed by atoms with E-state index in [9.17, 15) is 13.2 Å². The second-order valence-corrected chi connectivity index (χ2v) is 11.2. The van der Waals surface area contributed by atoms with Gasteiger partial charge in [0.2, 0.25) is 10.0 Å². The lowest BCUT2D eigenvalue weighted by Crippen LogP contribution is -2.30. The van der Waals surface area contributed by atoms with E-state index < -0.39 is 15.9 Å². The number of carbonyl (C=O) groups is 1. The maximum Gasteiger partial charge on any atom is 0.257 e. The number of halogens is 2. The number of nitrogens with zero attached hydrogens (tertiary/aromatic N) is 2. The quantitative estimate of drug-likeness (QED) is 0.271. The molecule has 0 aliphatic rings. The molecule has 0 aliphatic carbocycles. The highest BCUT2D eigenvalue weighted by Crippen LogP contribution is 2.32. The minimum Gasteiger partial charge on any atom is -0.298 e. The van der Waals surface area contributed by atoms with Gasteiger partial charge in [0.15, 0.2) is 5.13 Å². The van der Waals surface area contributed by atoms with Gasteiger partial charge >= 0.3 is 0 Å². The highest BCUT2D eigenvalue weighted by Gasteiger charge is 2.23. The first-order valence-corrected chi connectivity index (χ1v) is 13.7. The van der Waals surface area contributed by atoms with Crippen molar-refractivity contribution in [2.75, 3.05) is 11.9 Å².